The molecule has 1 amide bonds. The Hall–Kier alpha value is -1.63. The van der Waals surface area contributed by atoms with Gasteiger partial charge in [0.1, 0.15) is 11.6 Å². The average Bonchev–Trinajstić information content (AvgIpc) is 2.95. The normalized spacial score (nSPS) is 18.6. The van der Waals surface area contributed by atoms with E-state index in [0.717, 1.165) is 0 Å². The third-order valence-electron chi connectivity index (χ3n) is 2.54. The van der Waals surface area contributed by atoms with Gasteiger partial charge in [-0.25, -0.2) is 4.79 Å². The number of nitrogens with one attached hydrogen (secondary N) is 1. The van der Waals surface area contributed by atoms with E-state index in [1.807, 2.05) is 0 Å². The number of carbonyl (C=O) groups is 3. The van der Waals surface area contributed by atoms with Crippen LogP contribution in [0.1, 0.15) is 25.7 Å². The van der Waals surface area contributed by atoms with Crippen LogP contribution in [0.15, 0.2) is 0 Å². The first-order chi connectivity index (χ1) is 7.37. The van der Waals surface area contributed by atoms with Crippen molar-refractivity contribution in [3.05, 3.63) is 0 Å². The molecule has 0 radical (unpaired) electrons. The molecule has 0 heterocycles. The number of carboxylic acid groups (broad SMARTS) is 2. The molecule has 90 valence electrons. The highest BCUT2D eigenvalue weighted by atomic mass is 16.4. The minimum Gasteiger partial charge on any atom is -0.480 e. The molecule has 0 spiro atoms. The summed E-state index contributed by atoms with van der Waals surface area (Å²) in [6.07, 6.45) is 0.747. The molecule has 1 fully saturated rings. The van der Waals surface area contributed by atoms with Gasteiger partial charge in [0.05, 0.1) is 0 Å². The van der Waals surface area contributed by atoms with E-state index in [1.54, 1.807) is 0 Å². The standard InChI is InChI=1S/C9H14N2O5/c10-5(7(13)14)1-2-6(12)11-9(3-4-9)8(15)16/h5H,1-4,10H2,(H,11,12)(H,13,14)(H,15,16). The van der Waals surface area contributed by atoms with Crippen molar-refractivity contribution in [3.8, 4) is 0 Å². The van der Waals surface area contributed by atoms with E-state index in [4.69, 9.17) is 15.9 Å². The third kappa shape index (κ3) is 2.93. The second-order valence-corrected chi connectivity index (χ2v) is 3.92. The number of rotatable bonds is 6. The number of carbonyl (C=O) groups excluding carboxylic acids is 1. The Morgan fingerprint density at radius 1 is 1.31 bits per heavy atom. The van der Waals surface area contributed by atoms with E-state index in [1.165, 1.54) is 0 Å². The van der Waals surface area contributed by atoms with Gasteiger partial charge in [-0.1, -0.05) is 0 Å². The van der Waals surface area contributed by atoms with Crippen molar-refractivity contribution in [2.24, 2.45) is 5.73 Å². The largest absolute Gasteiger partial charge is 0.480 e. The van der Waals surface area contributed by atoms with Crippen LogP contribution in [0.3, 0.4) is 0 Å². The smallest absolute Gasteiger partial charge is 0.329 e. The third-order valence-corrected chi connectivity index (χ3v) is 2.54. The Morgan fingerprint density at radius 3 is 2.25 bits per heavy atom. The van der Waals surface area contributed by atoms with Crippen LogP contribution in [-0.2, 0) is 14.4 Å². The van der Waals surface area contributed by atoms with Crippen molar-refractivity contribution >= 4 is 17.8 Å². The lowest BCUT2D eigenvalue weighted by Crippen LogP contribution is -2.43. The van der Waals surface area contributed by atoms with Crippen LogP contribution < -0.4 is 11.1 Å². The molecule has 1 rings (SSSR count). The van der Waals surface area contributed by atoms with E-state index in [2.05, 4.69) is 5.32 Å². The fourth-order valence-electron chi connectivity index (χ4n) is 1.26. The fraction of sp³-hybridized carbons (Fsp3) is 0.667. The molecule has 1 aliphatic rings. The SMILES string of the molecule is NC(CCC(=O)NC1(C(=O)O)CC1)C(=O)O. The molecule has 1 unspecified atom stereocenters. The molecule has 0 aromatic carbocycles. The summed E-state index contributed by atoms with van der Waals surface area (Å²) in [5.74, 6) is -2.70. The molecule has 0 saturated heterocycles. The summed E-state index contributed by atoms with van der Waals surface area (Å²) in [7, 11) is 0. The molecular weight excluding hydrogens is 216 g/mol. The first kappa shape index (κ1) is 12.4. The number of amides is 1. The zero-order valence-corrected chi connectivity index (χ0v) is 8.60. The Balaban J connectivity index is 2.32. The van der Waals surface area contributed by atoms with Crippen molar-refractivity contribution in [2.45, 2.75) is 37.3 Å². The van der Waals surface area contributed by atoms with E-state index >= 15 is 0 Å². The van der Waals surface area contributed by atoms with Crippen LogP contribution >= 0.6 is 0 Å². The van der Waals surface area contributed by atoms with Crippen molar-refractivity contribution in [1.29, 1.82) is 0 Å². The molecule has 16 heavy (non-hydrogen) atoms. The van der Waals surface area contributed by atoms with Crippen molar-refractivity contribution < 1.29 is 24.6 Å². The quantitative estimate of drug-likeness (QED) is 0.459. The number of hydrogen-bond donors (Lipinski definition) is 4. The molecule has 0 aliphatic heterocycles. The fourth-order valence-corrected chi connectivity index (χ4v) is 1.26. The molecule has 7 heteroatoms. The summed E-state index contributed by atoms with van der Waals surface area (Å²) < 4.78 is 0. The van der Waals surface area contributed by atoms with Gasteiger partial charge in [0, 0.05) is 6.42 Å². The monoisotopic (exact) mass is 230 g/mol. The second kappa shape index (κ2) is 4.48. The number of nitrogens with two attached hydrogens (primary N) is 1. The minimum absolute atomic E-state index is 0.00311. The summed E-state index contributed by atoms with van der Waals surface area (Å²) in [5.41, 5.74) is 4.09. The first-order valence-electron chi connectivity index (χ1n) is 4.90. The Bertz CT molecular complexity index is 324. The van der Waals surface area contributed by atoms with Gasteiger partial charge in [0.25, 0.3) is 0 Å². The van der Waals surface area contributed by atoms with Gasteiger partial charge in [-0.15, -0.1) is 0 Å². The molecule has 5 N–H and O–H groups in total. The Labute approximate surface area is 91.6 Å². The van der Waals surface area contributed by atoms with Crippen molar-refractivity contribution in [1.82, 2.24) is 5.32 Å². The summed E-state index contributed by atoms with van der Waals surface area (Å²) in [5, 5.41) is 19.6. The van der Waals surface area contributed by atoms with Gasteiger partial charge in [0.2, 0.25) is 5.91 Å². The van der Waals surface area contributed by atoms with E-state index in [9.17, 15) is 14.4 Å². The predicted octanol–water partition coefficient (Wildman–Crippen LogP) is -1.09. The Morgan fingerprint density at radius 2 is 1.88 bits per heavy atom. The van der Waals surface area contributed by atoms with Gasteiger partial charge in [0.15, 0.2) is 0 Å². The van der Waals surface area contributed by atoms with Gasteiger partial charge in [-0.2, -0.15) is 0 Å². The van der Waals surface area contributed by atoms with Gasteiger partial charge in [-0.05, 0) is 19.3 Å². The highest BCUT2D eigenvalue weighted by Gasteiger charge is 2.51. The molecular formula is C9H14N2O5. The Kier molecular flexibility index (Phi) is 3.48. The lowest BCUT2D eigenvalue weighted by atomic mass is 10.1. The van der Waals surface area contributed by atoms with Crippen LogP contribution in [-0.4, -0.2) is 39.6 Å². The molecule has 1 aliphatic carbocycles. The summed E-state index contributed by atoms with van der Waals surface area (Å²) in [6, 6.07) is -1.09. The van der Waals surface area contributed by atoms with E-state index < -0.39 is 29.4 Å². The molecule has 0 aromatic heterocycles. The topological polar surface area (TPSA) is 130 Å². The molecule has 1 saturated carbocycles. The lowest BCUT2D eigenvalue weighted by Gasteiger charge is -2.12. The number of aliphatic carboxylic acids is 2. The zero-order chi connectivity index (χ0) is 12.3. The number of carboxylic acids is 2. The zero-order valence-electron chi connectivity index (χ0n) is 8.60. The first-order valence-corrected chi connectivity index (χ1v) is 4.90. The maximum atomic E-state index is 11.3. The summed E-state index contributed by atoms with van der Waals surface area (Å²) in [4.78, 5) is 32.4. The maximum absolute atomic E-state index is 11.3. The maximum Gasteiger partial charge on any atom is 0.329 e. The van der Waals surface area contributed by atoms with Crippen LogP contribution in [0.2, 0.25) is 0 Å². The molecule has 0 bridgehead atoms. The van der Waals surface area contributed by atoms with Crippen molar-refractivity contribution in [2.75, 3.05) is 0 Å². The molecule has 0 aromatic rings. The lowest BCUT2D eigenvalue weighted by molar-refractivity contribution is -0.143. The molecule has 7 nitrogen and oxygen atoms in total. The molecule has 1 atom stereocenters. The van der Waals surface area contributed by atoms with E-state index in [-0.39, 0.29) is 12.8 Å². The van der Waals surface area contributed by atoms with Gasteiger partial charge < -0.3 is 21.3 Å². The minimum atomic E-state index is -1.17. The number of hydrogen-bond acceptors (Lipinski definition) is 4. The van der Waals surface area contributed by atoms with Crippen LogP contribution in [0, 0.1) is 0 Å². The summed E-state index contributed by atoms with van der Waals surface area (Å²) >= 11 is 0. The second-order valence-electron chi connectivity index (χ2n) is 3.92. The highest BCUT2D eigenvalue weighted by Crippen LogP contribution is 2.35. The average molecular weight is 230 g/mol. The van der Waals surface area contributed by atoms with Crippen LogP contribution in [0.5, 0.6) is 0 Å². The van der Waals surface area contributed by atoms with Crippen LogP contribution in [0.4, 0.5) is 0 Å². The van der Waals surface area contributed by atoms with Gasteiger partial charge >= 0.3 is 11.9 Å². The van der Waals surface area contributed by atoms with E-state index in [0.29, 0.717) is 12.8 Å². The van der Waals surface area contributed by atoms with Crippen molar-refractivity contribution in [3.63, 3.8) is 0 Å². The highest BCUT2D eigenvalue weighted by molar-refractivity contribution is 5.89. The predicted molar refractivity (Wildman–Crippen MR) is 52.6 cm³/mol. The van der Waals surface area contributed by atoms with Gasteiger partial charge in [-0.3, -0.25) is 9.59 Å². The van der Waals surface area contributed by atoms with Crippen LogP contribution in [0.25, 0.3) is 0 Å². The summed E-state index contributed by atoms with van der Waals surface area (Å²) in [6.45, 7) is 0.